The molecule has 6 aromatic carbocycles. The highest BCUT2D eigenvalue weighted by Crippen LogP contribution is 2.44. The van der Waals surface area contributed by atoms with Gasteiger partial charge in [0.2, 0.25) is 0 Å². The first-order chi connectivity index (χ1) is 27.8. The number of nitrogens with zero attached hydrogens (tertiary/aromatic N) is 2. The van der Waals surface area contributed by atoms with Gasteiger partial charge in [0.15, 0.2) is 0 Å². The second-order valence-electron chi connectivity index (χ2n) is 14.9. The predicted molar refractivity (Wildman–Crippen MR) is 238 cm³/mol. The zero-order chi connectivity index (χ0) is 37.0. The van der Waals surface area contributed by atoms with Crippen LogP contribution in [0.1, 0.15) is 36.2 Å². The minimum absolute atomic E-state index is 0.968. The molecule has 3 heteroatoms. The molecule has 0 amide bonds. The molecule has 56 heavy (non-hydrogen) atoms. The van der Waals surface area contributed by atoms with Crippen molar-refractivity contribution in [2.75, 3.05) is 0 Å². The lowest BCUT2D eigenvalue weighted by atomic mass is 9.83. The molecule has 0 atom stereocenters. The molecule has 2 aliphatic rings. The van der Waals surface area contributed by atoms with E-state index in [1.807, 2.05) is 11.3 Å². The number of hydrogen-bond acceptors (Lipinski definition) is 2. The molecule has 266 valence electrons. The maximum absolute atomic E-state index is 5.35. The number of allylic oxidation sites excluding steroid dienone is 5. The van der Waals surface area contributed by atoms with E-state index in [0.29, 0.717) is 0 Å². The Kier molecular flexibility index (Phi) is 8.00. The highest BCUT2D eigenvalue weighted by molar-refractivity contribution is 7.26. The van der Waals surface area contributed by atoms with Crippen LogP contribution in [0.4, 0.5) is 0 Å². The zero-order valence-electron chi connectivity index (χ0n) is 31.0. The summed E-state index contributed by atoms with van der Waals surface area (Å²) in [6.45, 7) is 0. The summed E-state index contributed by atoms with van der Waals surface area (Å²) in [6.07, 6.45) is 11.4. The van der Waals surface area contributed by atoms with Gasteiger partial charge in [-0.3, -0.25) is 0 Å². The average Bonchev–Trinajstić information content (AvgIpc) is 3.83. The second kappa shape index (κ2) is 13.6. The van der Waals surface area contributed by atoms with Gasteiger partial charge in [-0.2, -0.15) is 0 Å². The van der Waals surface area contributed by atoms with Crippen molar-refractivity contribution in [3.8, 4) is 39.2 Å². The van der Waals surface area contributed by atoms with Crippen LogP contribution in [-0.2, 0) is 6.42 Å². The van der Waals surface area contributed by atoms with E-state index in [-0.39, 0.29) is 0 Å². The van der Waals surface area contributed by atoms with Gasteiger partial charge in [0.25, 0.3) is 0 Å². The molecular formula is C53H38N2S. The lowest BCUT2D eigenvalue weighted by molar-refractivity contribution is 0.860. The van der Waals surface area contributed by atoms with Crippen LogP contribution in [0, 0.1) is 0 Å². The van der Waals surface area contributed by atoms with Crippen molar-refractivity contribution in [3.05, 3.63) is 204 Å². The summed E-state index contributed by atoms with van der Waals surface area (Å²) in [6, 6.07) is 59.5. The highest BCUT2D eigenvalue weighted by atomic mass is 32.1. The van der Waals surface area contributed by atoms with Gasteiger partial charge < -0.3 is 4.57 Å². The smallest absolute Gasteiger partial charge is 0.0718 e. The largest absolute Gasteiger partial charge is 0.313 e. The number of pyridine rings is 1. The Morgan fingerprint density at radius 2 is 1.18 bits per heavy atom. The topological polar surface area (TPSA) is 17.8 Å². The lowest BCUT2D eigenvalue weighted by Crippen LogP contribution is -2.08. The Balaban J connectivity index is 0.985. The van der Waals surface area contributed by atoms with Crippen molar-refractivity contribution in [3.63, 3.8) is 0 Å². The predicted octanol–water partition coefficient (Wildman–Crippen LogP) is 14.5. The molecule has 0 saturated heterocycles. The number of thiophene rings is 1. The monoisotopic (exact) mass is 734 g/mol. The summed E-state index contributed by atoms with van der Waals surface area (Å²) in [5.41, 5.74) is 17.3. The fraction of sp³-hybridized carbons (Fsp3) is 0.0755. The fourth-order valence-electron chi connectivity index (χ4n) is 8.94. The maximum Gasteiger partial charge on any atom is 0.0718 e. The van der Waals surface area contributed by atoms with E-state index < -0.39 is 0 Å². The van der Waals surface area contributed by atoms with Gasteiger partial charge in [0.1, 0.15) is 0 Å². The van der Waals surface area contributed by atoms with Crippen LogP contribution in [-0.4, -0.2) is 9.55 Å². The third-order valence-electron chi connectivity index (χ3n) is 11.6. The first-order valence-electron chi connectivity index (χ1n) is 19.7. The molecule has 0 aliphatic heterocycles. The molecule has 2 aliphatic carbocycles. The van der Waals surface area contributed by atoms with Crippen molar-refractivity contribution in [1.82, 2.24) is 9.55 Å². The molecule has 2 nitrogen and oxygen atoms in total. The standard InChI is InChI=1S/C53H38N2S/c1-3-14-35(15-4-1)39-33-48(37-16-5-2-6-17-37)54-49(34-39)43-19-8-7-18-41(43)38-28-31-51-47(32-38)44-20-9-11-24-50(44)55(51)40-29-26-36(27-30-40)42-22-13-23-46-45-21-10-12-25-52(45)56-53(42)46/h1-6,9-27,29-30,32-34H,7-8,28,31H2. The Morgan fingerprint density at radius 1 is 0.500 bits per heavy atom. The molecule has 0 fully saturated rings. The molecule has 0 unspecified atom stereocenters. The van der Waals surface area contributed by atoms with Crippen LogP contribution >= 0.6 is 11.3 Å². The summed E-state index contributed by atoms with van der Waals surface area (Å²) in [7, 11) is 0. The lowest BCUT2D eigenvalue weighted by Gasteiger charge is -2.24. The molecule has 9 aromatic rings. The quantitative estimate of drug-likeness (QED) is 0.166. The van der Waals surface area contributed by atoms with Gasteiger partial charge in [0, 0.05) is 53.6 Å². The Morgan fingerprint density at radius 3 is 2.00 bits per heavy atom. The Hall–Kier alpha value is -6.55. The van der Waals surface area contributed by atoms with Crippen molar-refractivity contribution in [1.29, 1.82) is 0 Å². The number of aromatic nitrogens is 2. The Labute approximate surface area is 331 Å². The molecule has 3 aromatic heterocycles. The van der Waals surface area contributed by atoms with Crippen LogP contribution in [0.2, 0.25) is 0 Å². The minimum atomic E-state index is 0.968. The van der Waals surface area contributed by atoms with Crippen molar-refractivity contribution in [2.24, 2.45) is 0 Å². The van der Waals surface area contributed by atoms with Gasteiger partial charge >= 0.3 is 0 Å². The zero-order valence-corrected chi connectivity index (χ0v) is 31.8. The third-order valence-corrected chi connectivity index (χ3v) is 12.8. The van der Waals surface area contributed by atoms with Crippen molar-refractivity contribution < 1.29 is 0 Å². The SMILES string of the molecule is C1=C(C2=CCCC=C2c2cc(-c3ccccc3)cc(-c3ccccc3)n2)CCc2c1c1ccccc1n2-c1ccc(-c2cccc3c2sc2ccccc23)cc1. The van der Waals surface area contributed by atoms with Crippen molar-refractivity contribution >= 4 is 54.1 Å². The van der Waals surface area contributed by atoms with Gasteiger partial charge in [-0.15, -0.1) is 11.3 Å². The fourth-order valence-corrected chi connectivity index (χ4v) is 10.2. The molecule has 0 N–H and O–H groups in total. The van der Waals surface area contributed by atoms with Gasteiger partial charge in [0.05, 0.1) is 16.9 Å². The Bertz CT molecular complexity index is 2990. The summed E-state index contributed by atoms with van der Waals surface area (Å²) in [5, 5.41) is 3.98. The van der Waals surface area contributed by atoms with E-state index in [0.717, 1.165) is 42.6 Å². The maximum atomic E-state index is 5.35. The van der Waals surface area contributed by atoms with Crippen LogP contribution in [0.25, 0.3) is 81.9 Å². The van der Waals surface area contributed by atoms with Gasteiger partial charge in [-0.05, 0) is 102 Å². The molecule has 0 bridgehead atoms. The molecule has 0 radical (unpaired) electrons. The van der Waals surface area contributed by atoms with Gasteiger partial charge in [-0.1, -0.05) is 140 Å². The third kappa shape index (κ3) is 5.58. The summed E-state index contributed by atoms with van der Waals surface area (Å²) < 4.78 is 5.20. The van der Waals surface area contributed by atoms with Gasteiger partial charge in [-0.25, -0.2) is 4.98 Å². The molecule has 0 spiro atoms. The highest BCUT2D eigenvalue weighted by Gasteiger charge is 2.25. The minimum Gasteiger partial charge on any atom is -0.313 e. The van der Waals surface area contributed by atoms with E-state index in [9.17, 15) is 0 Å². The number of hydrogen-bond donors (Lipinski definition) is 0. The summed E-state index contributed by atoms with van der Waals surface area (Å²) in [5.74, 6) is 0. The molecule has 11 rings (SSSR count). The number of rotatable bonds is 6. The number of para-hydroxylation sites is 1. The van der Waals surface area contributed by atoms with Crippen LogP contribution in [0.3, 0.4) is 0 Å². The summed E-state index contributed by atoms with van der Waals surface area (Å²) in [4.78, 5) is 5.35. The van der Waals surface area contributed by atoms with E-state index in [2.05, 4.69) is 187 Å². The first-order valence-corrected chi connectivity index (χ1v) is 20.5. The number of fused-ring (bicyclic) bond motifs is 6. The normalized spacial score (nSPS) is 14.1. The molecular weight excluding hydrogens is 697 g/mol. The van der Waals surface area contributed by atoms with E-state index in [1.165, 1.54) is 87.0 Å². The van der Waals surface area contributed by atoms with Crippen LogP contribution in [0.15, 0.2) is 187 Å². The van der Waals surface area contributed by atoms with E-state index in [1.54, 1.807) is 0 Å². The first kappa shape index (κ1) is 32.8. The number of benzene rings is 6. The molecule has 3 heterocycles. The van der Waals surface area contributed by atoms with Crippen LogP contribution in [0.5, 0.6) is 0 Å². The average molecular weight is 735 g/mol. The second-order valence-corrected chi connectivity index (χ2v) is 15.9. The van der Waals surface area contributed by atoms with E-state index in [4.69, 9.17) is 4.98 Å². The van der Waals surface area contributed by atoms with E-state index >= 15 is 0 Å². The summed E-state index contributed by atoms with van der Waals surface area (Å²) >= 11 is 1.89. The van der Waals surface area contributed by atoms with Crippen LogP contribution < -0.4 is 0 Å². The molecule has 0 saturated carbocycles. The van der Waals surface area contributed by atoms with Crippen molar-refractivity contribution in [2.45, 2.75) is 25.7 Å².